The second kappa shape index (κ2) is 5.54. The normalized spacial score (nSPS) is 10.5. The molecule has 0 radical (unpaired) electrons. The molecule has 2 aromatic carbocycles. The summed E-state index contributed by atoms with van der Waals surface area (Å²) in [5.41, 5.74) is 0.291. The van der Waals surface area contributed by atoms with Gasteiger partial charge in [0.25, 0.3) is 0 Å². The molecule has 0 saturated heterocycles. The minimum absolute atomic E-state index is 0.291. The number of ether oxygens (including phenoxy) is 1. The van der Waals surface area contributed by atoms with E-state index in [1.54, 1.807) is 6.07 Å². The number of carbonyl (C=O) groups is 1. The van der Waals surface area contributed by atoms with Crippen LogP contribution < -0.4 is 4.74 Å². The van der Waals surface area contributed by atoms with Crippen LogP contribution in [0.2, 0.25) is 0 Å². The van der Waals surface area contributed by atoms with Crippen molar-refractivity contribution in [3.05, 3.63) is 42.0 Å². The number of rotatable bonds is 5. The highest BCUT2D eigenvalue weighted by atomic mass is 16.5. The Labute approximate surface area is 106 Å². The molecule has 0 spiro atoms. The SMILES string of the molecule is CCCCOc1cc(C(=O)O)c2ccccc2c1. The van der Waals surface area contributed by atoms with Crippen LogP contribution >= 0.6 is 0 Å². The molecule has 2 rings (SSSR count). The maximum Gasteiger partial charge on any atom is 0.336 e. The van der Waals surface area contributed by atoms with Crippen molar-refractivity contribution in [3.8, 4) is 5.75 Å². The zero-order chi connectivity index (χ0) is 13.0. The lowest BCUT2D eigenvalue weighted by Gasteiger charge is -2.09. The number of fused-ring (bicyclic) bond motifs is 1. The van der Waals surface area contributed by atoms with Crippen LogP contribution in [0.5, 0.6) is 5.75 Å². The summed E-state index contributed by atoms with van der Waals surface area (Å²) in [5.74, 6) is -0.299. The van der Waals surface area contributed by atoms with E-state index in [4.69, 9.17) is 4.74 Å². The van der Waals surface area contributed by atoms with Crippen molar-refractivity contribution in [2.24, 2.45) is 0 Å². The fourth-order valence-corrected chi connectivity index (χ4v) is 1.88. The molecular formula is C15H16O3. The highest BCUT2D eigenvalue weighted by molar-refractivity contribution is 6.04. The molecule has 0 aliphatic carbocycles. The van der Waals surface area contributed by atoms with Gasteiger partial charge in [0.1, 0.15) is 5.75 Å². The molecule has 0 aliphatic heterocycles. The quantitative estimate of drug-likeness (QED) is 0.815. The average molecular weight is 244 g/mol. The molecule has 0 atom stereocenters. The molecule has 0 amide bonds. The highest BCUT2D eigenvalue weighted by Gasteiger charge is 2.10. The third-order valence-corrected chi connectivity index (χ3v) is 2.83. The third kappa shape index (κ3) is 2.62. The van der Waals surface area contributed by atoms with Gasteiger partial charge < -0.3 is 9.84 Å². The van der Waals surface area contributed by atoms with E-state index >= 15 is 0 Å². The summed E-state index contributed by atoms with van der Waals surface area (Å²) in [6, 6.07) is 10.9. The Balaban J connectivity index is 2.41. The molecule has 0 unspecified atom stereocenters. The minimum atomic E-state index is -0.924. The molecule has 0 saturated carbocycles. The number of unbranched alkanes of at least 4 members (excludes halogenated alkanes) is 1. The molecule has 0 aliphatic rings. The highest BCUT2D eigenvalue weighted by Crippen LogP contribution is 2.25. The standard InChI is InChI=1S/C15H16O3/c1-2-3-8-18-12-9-11-6-4-5-7-13(11)14(10-12)15(16)17/h4-7,9-10H,2-3,8H2,1H3,(H,16,17). The van der Waals surface area contributed by atoms with E-state index in [-0.39, 0.29) is 0 Å². The van der Waals surface area contributed by atoms with E-state index in [9.17, 15) is 9.90 Å². The van der Waals surface area contributed by atoms with Crippen LogP contribution in [-0.4, -0.2) is 17.7 Å². The number of carboxylic acids is 1. The van der Waals surface area contributed by atoms with Crippen LogP contribution in [0.25, 0.3) is 10.8 Å². The van der Waals surface area contributed by atoms with Crippen LogP contribution in [0.1, 0.15) is 30.1 Å². The summed E-state index contributed by atoms with van der Waals surface area (Å²) in [4.78, 5) is 11.2. The van der Waals surface area contributed by atoms with Crippen molar-refractivity contribution in [1.29, 1.82) is 0 Å². The number of hydrogen-bond donors (Lipinski definition) is 1. The van der Waals surface area contributed by atoms with Crippen molar-refractivity contribution in [2.45, 2.75) is 19.8 Å². The van der Waals surface area contributed by atoms with Gasteiger partial charge in [-0.3, -0.25) is 0 Å². The maximum atomic E-state index is 11.2. The van der Waals surface area contributed by atoms with Gasteiger partial charge in [-0.15, -0.1) is 0 Å². The first-order chi connectivity index (χ1) is 8.72. The van der Waals surface area contributed by atoms with E-state index in [0.717, 1.165) is 23.6 Å². The lowest BCUT2D eigenvalue weighted by atomic mass is 10.0. The Morgan fingerprint density at radius 2 is 2.06 bits per heavy atom. The number of carboxylic acid groups (broad SMARTS) is 1. The van der Waals surface area contributed by atoms with Crippen molar-refractivity contribution in [2.75, 3.05) is 6.61 Å². The van der Waals surface area contributed by atoms with Gasteiger partial charge in [0, 0.05) is 0 Å². The van der Waals surface area contributed by atoms with E-state index < -0.39 is 5.97 Å². The first-order valence-electron chi connectivity index (χ1n) is 6.11. The van der Waals surface area contributed by atoms with E-state index in [1.165, 1.54) is 0 Å². The van der Waals surface area contributed by atoms with Crippen LogP contribution in [0.15, 0.2) is 36.4 Å². The zero-order valence-electron chi connectivity index (χ0n) is 10.3. The molecule has 0 heterocycles. The summed E-state index contributed by atoms with van der Waals surface area (Å²) in [6.45, 7) is 2.71. The molecule has 94 valence electrons. The van der Waals surface area contributed by atoms with Crippen molar-refractivity contribution in [3.63, 3.8) is 0 Å². The lowest BCUT2D eigenvalue weighted by Crippen LogP contribution is -2.01. The second-order valence-electron chi connectivity index (χ2n) is 4.20. The largest absolute Gasteiger partial charge is 0.494 e. The number of aromatic carboxylic acids is 1. The molecule has 0 aromatic heterocycles. The monoisotopic (exact) mass is 244 g/mol. The Morgan fingerprint density at radius 3 is 2.78 bits per heavy atom. The van der Waals surface area contributed by atoms with Crippen molar-refractivity contribution in [1.82, 2.24) is 0 Å². The van der Waals surface area contributed by atoms with Crippen LogP contribution in [0, 0.1) is 0 Å². The van der Waals surface area contributed by atoms with Gasteiger partial charge in [-0.1, -0.05) is 37.6 Å². The summed E-state index contributed by atoms with van der Waals surface area (Å²) in [5, 5.41) is 10.9. The Hall–Kier alpha value is -2.03. The fraction of sp³-hybridized carbons (Fsp3) is 0.267. The van der Waals surface area contributed by atoms with Crippen LogP contribution in [0.3, 0.4) is 0 Å². The maximum absolute atomic E-state index is 11.2. The Kier molecular flexibility index (Phi) is 3.82. The molecule has 18 heavy (non-hydrogen) atoms. The summed E-state index contributed by atoms with van der Waals surface area (Å²) >= 11 is 0. The zero-order valence-corrected chi connectivity index (χ0v) is 10.3. The lowest BCUT2D eigenvalue weighted by molar-refractivity contribution is 0.0698. The molecule has 3 nitrogen and oxygen atoms in total. The summed E-state index contributed by atoms with van der Waals surface area (Å²) in [6.07, 6.45) is 2.02. The summed E-state index contributed by atoms with van der Waals surface area (Å²) in [7, 11) is 0. The predicted molar refractivity (Wildman–Crippen MR) is 71.3 cm³/mol. The average Bonchev–Trinajstić information content (AvgIpc) is 2.38. The van der Waals surface area contributed by atoms with Crippen molar-refractivity contribution >= 4 is 16.7 Å². The van der Waals surface area contributed by atoms with Crippen LogP contribution in [-0.2, 0) is 0 Å². The third-order valence-electron chi connectivity index (χ3n) is 2.83. The van der Waals surface area contributed by atoms with Gasteiger partial charge in [0.15, 0.2) is 0 Å². The van der Waals surface area contributed by atoms with Crippen molar-refractivity contribution < 1.29 is 14.6 Å². The van der Waals surface area contributed by atoms with Crippen LogP contribution in [0.4, 0.5) is 0 Å². The topological polar surface area (TPSA) is 46.5 Å². The number of benzene rings is 2. The molecular weight excluding hydrogens is 228 g/mol. The predicted octanol–water partition coefficient (Wildman–Crippen LogP) is 3.72. The molecule has 0 bridgehead atoms. The smallest absolute Gasteiger partial charge is 0.336 e. The van der Waals surface area contributed by atoms with Gasteiger partial charge in [0.2, 0.25) is 0 Å². The van der Waals surface area contributed by atoms with Gasteiger partial charge >= 0.3 is 5.97 Å². The van der Waals surface area contributed by atoms with E-state index in [0.29, 0.717) is 17.9 Å². The Morgan fingerprint density at radius 1 is 1.28 bits per heavy atom. The first kappa shape index (κ1) is 12.4. The molecule has 1 N–H and O–H groups in total. The molecule has 0 fully saturated rings. The molecule has 2 aromatic rings. The molecule has 3 heteroatoms. The second-order valence-corrected chi connectivity index (χ2v) is 4.20. The summed E-state index contributed by atoms with van der Waals surface area (Å²) < 4.78 is 5.58. The first-order valence-corrected chi connectivity index (χ1v) is 6.11. The fourth-order valence-electron chi connectivity index (χ4n) is 1.88. The minimum Gasteiger partial charge on any atom is -0.494 e. The van der Waals surface area contributed by atoms with Gasteiger partial charge in [0.05, 0.1) is 12.2 Å². The Bertz CT molecular complexity index is 561. The van der Waals surface area contributed by atoms with Gasteiger partial charge in [-0.05, 0) is 29.3 Å². The number of hydrogen-bond acceptors (Lipinski definition) is 2. The van der Waals surface area contributed by atoms with Gasteiger partial charge in [-0.25, -0.2) is 4.79 Å². The van der Waals surface area contributed by atoms with E-state index in [1.807, 2.05) is 30.3 Å². The van der Waals surface area contributed by atoms with Gasteiger partial charge in [-0.2, -0.15) is 0 Å². The van der Waals surface area contributed by atoms with E-state index in [2.05, 4.69) is 6.92 Å².